The zero-order chi connectivity index (χ0) is 24.1. The van der Waals surface area contributed by atoms with E-state index in [9.17, 15) is 0 Å². The molecule has 0 unspecified atom stereocenters. The molecule has 1 aromatic rings. The molecular weight excluding hydrogens is 406 g/mol. The summed E-state index contributed by atoms with van der Waals surface area (Å²) >= 11 is 1.84. The Balaban J connectivity index is 0. The Bertz CT molecular complexity index is 606. The van der Waals surface area contributed by atoms with Crippen molar-refractivity contribution in [1.29, 1.82) is 0 Å². The lowest BCUT2D eigenvalue weighted by molar-refractivity contribution is 0.310. The van der Waals surface area contributed by atoms with Crippen molar-refractivity contribution in [2.24, 2.45) is 4.99 Å². The lowest BCUT2D eigenvalue weighted by atomic mass is 10.1. The highest BCUT2D eigenvalue weighted by Gasteiger charge is 2.12. The summed E-state index contributed by atoms with van der Waals surface area (Å²) in [4.78, 5) is 7.96. The molecule has 5 nitrogen and oxygen atoms in total. The van der Waals surface area contributed by atoms with Crippen LogP contribution in [-0.2, 0) is 5.75 Å². The average molecular weight is 454 g/mol. The van der Waals surface area contributed by atoms with E-state index in [1.807, 2.05) is 17.8 Å². The molecule has 0 aliphatic carbocycles. The van der Waals surface area contributed by atoms with Gasteiger partial charge in [-0.05, 0) is 59.2 Å². The van der Waals surface area contributed by atoms with E-state index in [2.05, 4.69) is 75.6 Å². The lowest BCUT2D eigenvalue weighted by Crippen LogP contribution is -2.29. The molecule has 0 bridgehead atoms. The van der Waals surface area contributed by atoms with E-state index in [0.717, 1.165) is 63.5 Å². The summed E-state index contributed by atoms with van der Waals surface area (Å²) in [6.45, 7) is 21.7. The van der Waals surface area contributed by atoms with Gasteiger partial charge in [-0.1, -0.05) is 51.8 Å². The van der Waals surface area contributed by atoms with Gasteiger partial charge in [0.05, 0.1) is 7.11 Å². The molecule has 0 amide bonds. The number of hydrogen-bond donors (Lipinski definition) is 2. The van der Waals surface area contributed by atoms with Crippen LogP contribution in [0.15, 0.2) is 33.8 Å². The number of aliphatic hydroxyl groups excluding tert-OH is 1. The third-order valence-electron chi connectivity index (χ3n) is 4.37. The second-order valence-corrected chi connectivity index (χ2v) is 8.12. The molecule has 0 aromatic heterocycles. The first-order valence-corrected chi connectivity index (χ1v) is 12.3. The van der Waals surface area contributed by atoms with Crippen molar-refractivity contribution < 1.29 is 9.84 Å². The van der Waals surface area contributed by atoms with Crippen molar-refractivity contribution in [2.75, 3.05) is 46.9 Å². The maximum atomic E-state index is 7.00. The van der Waals surface area contributed by atoms with Crippen LogP contribution in [0.5, 0.6) is 5.75 Å². The summed E-state index contributed by atoms with van der Waals surface area (Å²) in [6.07, 6.45) is 2.41. The van der Waals surface area contributed by atoms with Crippen molar-refractivity contribution >= 4 is 18.5 Å². The van der Waals surface area contributed by atoms with Crippen LogP contribution in [0.25, 0.3) is 0 Å². The van der Waals surface area contributed by atoms with Crippen molar-refractivity contribution in [3.63, 3.8) is 0 Å². The number of aryl methyl sites for hydroxylation is 1. The average Bonchev–Trinajstić information content (AvgIpc) is 2.79. The third kappa shape index (κ3) is 15.2. The summed E-state index contributed by atoms with van der Waals surface area (Å²) in [7, 11) is 2.73. The van der Waals surface area contributed by atoms with Crippen LogP contribution in [0.4, 0.5) is 0 Å². The number of aliphatic imine (C=N–C) groups is 1. The van der Waals surface area contributed by atoms with Crippen molar-refractivity contribution in [3.8, 4) is 5.75 Å². The molecule has 0 atom stereocenters. The summed E-state index contributed by atoms with van der Waals surface area (Å²) in [6, 6.07) is 6.34. The van der Waals surface area contributed by atoms with Gasteiger partial charge >= 0.3 is 0 Å². The summed E-state index contributed by atoms with van der Waals surface area (Å²) in [5.41, 5.74) is 3.50. The minimum atomic E-state index is 0.877. The number of methoxy groups -OCH3 is 1. The molecule has 0 fully saturated rings. The quantitative estimate of drug-likeness (QED) is 0.304. The number of benzene rings is 1. The topological polar surface area (TPSA) is 57.1 Å². The zero-order valence-electron chi connectivity index (χ0n) is 21.3. The first-order chi connectivity index (χ1) is 15.0. The molecule has 31 heavy (non-hydrogen) atoms. The predicted molar refractivity (Wildman–Crippen MR) is 141 cm³/mol. The summed E-state index contributed by atoms with van der Waals surface area (Å²) < 4.78 is 5.52. The Morgan fingerprint density at radius 2 is 1.87 bits per heavy atom. The molecule has 2 N–H and O–H groups in total. The van der Waals surface area contributed by atoms with Crippen LogP contribution in [-0.4, -0.2) is 63.7 Å². The number of hydrogen-bond acceptors (Lipinski definition) is 6. The first kappa shape index (κ1) is 31.8. The van der Waals surface area contributed by atoms with Gasteiger partial charge in [0.1, 0.15) is 5.75 Å². The van der Waals surface area contributed by atoms with Crippen LogP contribution in [0.1, 0.15) is 58.6 Å². The number of nitrogens with zero attached hydrogens (tertiary/aromatic N) is 2. The normalized spacial score (nSPS) is 11.0. The molecule has 0 spiro atoms. The highest BCUT2D eigenvalue weighted by molar-refractivity contribution is 8.02. The molecule has 0 aliphatic heterocycles. The molecule has 0 radical (unpaired) electrons. The van der Waals surface area contributed by atoms with Gasteiger partial charge in [0.15, 0.2) is 0 Å². The van der Waals surface area contributed by atoms with Gasteiger partial charge in [-0.25, -0.2) is 0 Å². The molecule has 0 heterocycles. The van der Waals surface area contributed by atoms with Crippen molar-refractivity contribution in [2.45, 2.75) is 60.1 Å². The molecule has 0 aliphatic rings. The lowest BCUT2D eigenvalue weighted by Gasteiger charge is -2.23. The highest BCUT2D eigenvalue weighted by atomic mass is 32.2. The smallest absolute Gasteiger partial charge is 0.122 e. The summed E-state index contributed by atoms with van der Waals surface area (Å²) in [5.74, 6) is 1.83. The molecule has 0 saturated carbocycles. The predicted octanol–water partition coefficient (Wildman–Crippen LogP) is 5.52. The van der Waals surface area contributed by atoms with Crippen molar-refractivity contribution in [3.05, 3.63) is 39.9 Å². The van der Waals surface area contributed by atoms with E-state index in [-0.39, 0.29) is 0 Å². The molecule has 0 saturated heterocycles. The standard InChI is InChI=1S/C21H35N3OS.C3H8.CH4O/c1-7-23-12-9-13-24(8-2)15-21(18(4)22-5)26-16-19-14-17(3)10-11-20(19)25-6;1-3-2;1-2/h10-11,14,23H,5,7-9,12-13,15-16H2,1-4,6H3;3H2,1-2H3;2H,1H3/b21-18-;;. The maximum Gasteiger partial charge on any atom is 0.122 e. The Morgan fingerprint density at radius 1 is 1.23 bits per heavy atom. The molecule has 1 rings (SSSR count). The minimum Gasteiger partial charge on any atom is -0.496 e. The number of aliphatic hydroxyl groups is 1. The van der Waals surface area contributed by atoms with Crippen LogP contribution in [0.2, 0.25) is 0 Å². The minimum absolute atomic E-state index is 0.877. The molecular formula is C25H47N3O2S. The fourth-order valence-electron chi connectivity index (χ4n) is 2.69. The molecule has 6 heteroatoms. The monoisotopic (exact) mass is 453 g/mol. The highest BCUT2D eigenvalue weighted by Crippen LogP contribution is 2.30. The maximum absolute atomic E-state index is 7.00. The van der Waals surface area contributed by atoms with E-state index in [1.54, 1.807) is 7.11 Å². The van der Waals surface area contributed by atoms with Gasteiger partial charge in [0.2, 0.25) is 0 Å². The van der Waals surface area contributed by atoms with Gasteiger partial charge in [-0.3, -0.25) is 9.89 Å². The fraction of sp³-hybridized carbons (Fsp3) is 0.640. The van der Waals surface area contributed by atoms with Gasteiger partial charge in [0, 0.05) is 35.6 Å². The number of likely N-dealkylation sites (N-methyl/N-ethyl adjacent to an activating group) is 1. The second kappa shape index (κ2) is 21.9. The Kier molecular flexibility index (Phi) is 22.5. The Labute approximate surface area is 196 Å². The number of ether oxygens (including phenoxy) is 1. The second-order valence-electron chi connectivity index (χ2n) is 7.05. The molecule has 180 valence electrons. The number of thioether (sulfide) groups is 1. The van der Waals surface area contributed by atoms with E-state index in [0.29, 0.717) is 0 Å². The third-order valence-corrected chi connectivity index (χ3v) is 5.60. The Morgan fingerprint density at radius 3 is 2.39 bits per heavy atom. The van der Waals surface area contributed by atoms with Crippen LogP contribution in [0.3, 0.4) is 0 Å². The fourth-order valence-corrected chi connectivity index (χ4v) is 3.80. The van der Waals surface area contributed by atoms with E-state index >= 15 is 0 Å². The molecule has 1 aromatic carbocycles. The van der Waals surface area contributed by atoms with Crippen LogP contribution >= 0.6 is 11.8 Å². The van der Waals surface area contributed by atoms with Gasteiger partial charge in [-0.2, -0.15) is 0 Å². The number of nitrogens with one attached hydrogen (secondary N) is 1. The van der Waals surface area contributed by atoms with E-state index in [4.69, 9.17) is 9.84 Å². The number of rotatable bonds is 13. The van der Waals surface area contributed by atoms with E-state index < -0.39 is 0 Å². The van der Waals surface area contributed by atoms with Gasteiger partial charge < -0.3 is 15.2 Å². The SMILES string of the molecule is C=N/C(C)=C(/CN(CC)CCCNCC)SCc1cc(C)ccc1OC.CCC.CO. The van der Waals surface area contributed by atoms with Gasteiger partial charge in [-0.15, -0.1) is 11.8 Å². The zero-order valence-corrected chi connectivity index (χ0v) is 22.1. The van der Waals surface area contributed by atoms with Crippen LogP contribution in [0, 0.1) is 6.92 Å². The largest absolute Gasteiger partial charge is 0.496 e. The van der Waals surface area contributed by atoms with Crippen molar-refractivity contribution in [1.82, 2.24) is 10.2 Å². The number of allylic oxidation sites excluding steroid dienone is 1. The first-order valence-electron chi connectivity index (χ1n) is 11.3. The Hall–Kier alpha value is -1.34. The van der Waals surface area contributed by atoms with Crippen LogP contribution < -0.4 is 10.1 Å². The van der Waals surface area contributed by atoms with E-state index in [1.165, 1.54) is 22.5 Å². The summed E-state index contributed by atoms with van der Waals surface area (Å²) in [5, 5.41) is 10.4. The van der Waals surface area contributed by atoms with Gasteiger partial charge in [0.25, 0.3) is 0 Å².